The molecule has 0 atom stereocenters. The first-order chi connectivity index (χ1) is 6.11. The Morgan fingerprint density at radius 3 is 2.46 bits per heavy atom. The number of ether oxygens (including phenoxy) is 1. The van der Waals surface area contributed by atoms with Crippen LogP contribution in [-0.2, 0) is 5.88 Å². The minimum atomic E-state index is 0.426. The molecule has 0 heterocycles. The Morgan fingerprint density at radius 1 is 1.38 bits per heavy atom. The number of halogens is 2. The van der Waals surface area contributed by atoms with E-state index in [2.05, 4.69) is 0 Å². The standard InChI is InChI=1S/C10H12Cl2O/c1-6-4-9(13-3)8(5-11)7(2)10(6)12/h4H,5H2,1-3H3. The lowest BCUT2D eigenvalue weighted by Crippen LogP contribution is -1.95. The van der Waals surface area contributed by atoms with E-state index < -0.39 is 0 Å². The van der Waals surface area contributed by atoms with Gasteiger partial charge in [0.2, 0.25) is 0 Å². The predicted octanol–water partition coefficient (Wildman–Crippen LogP) is 3.70. The van der Waals surface area contributed by atoms with Crippen LogP contribution in [0.2, 0.25) is 5.02 Å². The maximum atomic E-state index is 6.08. The molecule has 0 aliphatic heterocycles. The summed E-state index contributed by atoms with van der Waals surface area (Å²) in [6.45, 7) is 3.91. The Kier molecular flexibility index (Phi) is 3.46. The van der Waals surface area contributed by atoms with Crippen LogP contribution < -0.4 is 4.74 Å². The number of hydrogen-bond acceptors (Lipinski definition) is 1. The molecule has 0 spiro atoms. The van der Waals surface area contributed by atoms with Crippen molar-refractivity contribution in [3.63, 3.8) is 0 Å². The van der Waals surface area contributed by atoms with Gasteiger partial charge in [0.25, 0.3) is 0 Å². The van der Waals surface area contributed by atoms with Crippen LogP contribution in [0.25, 0.3) is 0 Å². The predicted molar refractivity (Wildman–Crippen MR) is 57.0 cm³/mol. The number of rotatable bonds is 2. The third-order valence-electron chi connectivity index (χ3n) is 2.13. The van der Waals surface area contributed by atoms with Gasteiger partial charge in [0.15, 0.2) is 0 Å². The highest BCUT2D eigenvalue weighted by Crippen LogP contribution is 2.32. The summed E-state index contributed by atoms with van der Waals surface area (Å²) in [4.78, 5) is 0. The lowest BCUT2D eigenvalue weighted by Gasteiger charge is -2.12. The van der Waals surface area contributed by atoms with Crippen molar-refractivity contribution in [1.29, 1.82) is 0 Å². The van der Waals surface area contributed by atoms with Crippen LogP contribution in [-0.4, -0.2) is 7.11 Å². The third kappa shape index (κ3) is 1.92. The molecule has 0 aliphatic carbocycles. The zero-order valence-electron chi connectivity index (χ0n) is 7.95. The van der Waals surface area contributed by atoms with E-state index in [1.807, 2.05) is 19.9 Å². The van der Waals surface area contributed by atoms with Gasteiger partial charge < -0.3 is 4.74 Å². The molecule has 0 saturated carbocycles. The van der Waals surface area contributed by atoms with Crippen molar-refractivity contribution in [3.05, 3.63) is 27.8 Å². The second kappa shape index (κ2) is 4.21. The van der Waals surface area contributed by atoms with E-state index in [0.717, 1.165) is 27.5 Å². The summed E-state index contributed by atoms with van der Waals surface area (Å²) in [5.41, 5.74) is 3.00. The average molecular weight is 219 g/mol. The molecule has 1 aromatic rings. The Balaban J connectivity index is 3.39. The van der Waals surface area contributed by atoms with Crippen molar-refractivity contribution in [3.8, 4) is 5.75 Å². The highest BCUT2D eigenvalue weighted by molar-refractivity contribution is 6.32. The van der Waals surface area contributed by atoms with Crippen molar-refractivity contribution in [2.24, 2.45) is 0 Å². The van der Waals surface area contributed by atoms with Crippen molar-refractivity contribution < 1.29 is 4.74 Å². The number of methoxy groups -OCH3 is 1. The molecular weight excluding hydrogens is 207 g/mol. The summed E-state index contributed by atoms with van der Waals surface area (Å²) in [7, 11) is 1.64. The molecule has 0 radical (unpaired) electrons. The molecule has 72 valence electrons. The number of aryl methyl sites for hydroxylation is 1. The molecule has 3 heteroatoms. The quantitative estimate of drug-likeness (QED) is 0.689. The molecule has 0 saturated heterocycles. The number of alkyl halides is 1. The van der Waals surface area contributed by atoms with E-state index in [1.165, 1.54) is 0 Å². The smallest absolute Gasteiger partial charge is 0.123 e. The van der Waals surface area contributed by atoms with Gasteiger partial charge in [-0.2, -0.15) is 0 Å². The molecule has 0 unspecified atom stereocenters. The minimum absolute atomic E-state index is 0.426. The van der Waals surface area contributed by atoms with Gasteiger partial charge in [0.05, 0.1) is 13.0 Å². The van der Waals surface area contributed by atoms with Gasteiger partial charge in [-0.15, -0.1) is 11.6 Å². The first-order valence-electron chi connectivity index (χ1n) is 4.00. The van der Waals surface area contributed by atoms with E-state index in [-0.39, 0.29) is 0 Å². The first-order valence-corrected chi connectivity index (χ1v) is 4.91. The topological polar surface area (TPSA) is 9.23 Å². The normalized spacial score (nSPS) is 10.2. The molecular formula is C10H12Cl2O. The zero-order valence-corrected chi connectivity index (χ0v) is 9.46. The van der Waals surface area contributed by atoms with Gasteiger partial charge in [-0.3, -0.25) is 0 Å². The molecule has 0 aromatic heterocycles. The molecule has 0 N–H and O–H groups in total. The Bertz CT molecular complexity index is 321. The number of hydrogen-bond donors (Lipinski definition) is 0. The van der Waals surface area contributed by atoms with Crippen molar-refractivity contribution >= 4 is 23.2 Å². The van der Waals surface area contributed by atoms with Gasteiger partial charge in [-0.05, 0) is 31.0 Å². The maximum absolute atomic E-state index is 6.08. The molecule has 1 aromatic carbocycles. The summed E-state index contributed by atoms with van der Waals surface area (Å²) in [6.07, 6.45) is 0. The van der Waals surface area contributed by atoms with E-state index in [9.17, 15) is 0 Å². The molecule has 1 nitrogen and oxygen atoms in total. The SMILES string of the molecule is COc1cc(C)c(Cl)c(C)c1CCl. The summed E-state index contributed by atoms with van der Waals surface area (Å²) in [6, 6.07) is 1.91. The van der Waals surface area contributed by atoms with Crippen molar-refractivity contribution in [2.75, 3.05) is 7.11 Å². The van der Waals surface area contributed by atoms with Crippen molar-refractivity contribution in [1.82, 2.24) is 0 Å². The van der Waals surface area contributed by atoms with Crippen LogP contribution in [0.1, 0.15) is 16.7 Å². The average Bonchev–Trinajstić information content (AvgIpc) is 2.13. The zero-order chi connectivity index (χ0) is 10.0. The highest BCUT2D eigenvalue weighted by Gasteiger charge is 2.10. The summed E-state index contributed by atoms with van der Waals surface area (Å²) in [5, 5.41) is 0.774. The molecule has 0 aliphatic rings. The van der Waals surface area contributed by atoms with E-state index in [1.54, 1.807) is 7.11 Å². The second-order valence-corrected chi connectivity index (χ2v) is 3.59. The monoisotopic (exact) mass is 218 g/mol. The highest BCUT2D eigenvalue weighted by atomic mass is 35.5. The molecule has 0 amide bonds. The Labute approximate surface area is 88.6 Å². The lowest BCUT2D eigenvalue weighted by atomic mass is 10.1. The van der Waals surface area contributed by atoms with Gasteiger partial charge >= 0.3 is 0 Å². The maximum Gasteiger partial charge on any atom is 0.123 e. The third-order valence-corrected chi connectivity index (χ3v) is 2.98. The molecule has 0 bridgehead atoms. The fraction of sp³-hybridized carbons (Fsp3) is 0.400. The molecule has 1 rings (SSSR count). The Morgan fingerprint density at radius 2 is 2.00 bits per heavy atom. The molecule has 0 fully saturated rings. The lowest BCUT2D eigenvalue weighted by molar-refractivity contribution is 0.410. The van der Waals surface area contributed by atoms with Crippen LogP contribution >= 0.6 is 23.2 Å². The van der Waals surface area contributed by atoms with Gasteiger partial charge in [-0.1, -0.05) is 11.6 Å². The molecule has 13 heavy (non-hydrogen) atoms. The van der Waals surface area contributed by atoms with Crippen LogP contribution in [0.4, 0.5) is 0 Å². The number of benzene rings is 1. The summed E-state index contributed by atoms with van der Waals surface area (Å²) < 4.78 is 5.21. The first kappa shape index (κ1) is 10.7. The van der Waals surface area contributed by atoms with Gasteiger partial charge in [0.1, 0.15) is 5.75 Å². The minimum Gasteiger partial charge on any atom is -0.496 e. The fourth-order valence-electron chi connectivity index (χ4n) is 1.31. The van der Waals surface area contributed by atoms with Gasteiger partial charge in [0, 0.05) is 10.6 Å². The van der Waals surface area contributed by atoms with Crippen LogP contribution in [0.15, 0.2) is 6.07 Å². The second-order valence-electron chi connectivity index (χ2n) is 2.95. The van der Waals surface area contributed by atoms with Crippen molar-refractivity contribution in [2.45, 2.75) is 19.7 Å². The van der Waals surface area contributed by atoms with Crippen LogP contribution in [0, 0.1) is 13.8 Å². The Hall–Kier alpha value is -0.400. The summed E-state index contributed by atoms with van der Waals surface area (Å²) >= 11 is 11.9. The van der Waals surface area contributed by atoms with E-state index in [0.29, 0.717) is 5.88 Å². The fourth-order valence-corrected chi connectivity index (χ4v) is 1.81. The van der Waals surface area contributed by atoms with E-state index in [4.69, 9.17) is 27.9 Å². The van der Waals surface area contributed by atoms with Crippen LogP contribution in [0.5, 0.6) is 5.75 Å². The van der Waals surface area contributed by atoms with Crippen LogP contribution in [0.3, 0.4) is 0 Å². The summed E-state index contributed by atoms with van der Waals surface area (Å²) in [5.74, 6) is 1.24. The van der Waals surface area contributed by atoms with E-state index >= 15 is 0 Å². The van der Waals surface area contributed by atoms with Gasteiger partial charge in [-0.25, -0.2) is 0 Å². The largest absolute Gasteiger partial charge is 0.496 e.